The van der Waals surface area contributed by atoms with Crippen LogP contribution in [0.5, 0.6) is 11.5 Å². The van der Waals surface area contributed by atoms with Crippen molar-refractivity contribution in [1.82, 2.24) is 0 Å². The lowest BCUT2D eigenvalue weighted by atomic mass is 10.1. The summed E-state index contributed by atoms with van der Waals surface area (Å²) in [5.74, 6) is 1.66. The summed E-state index contributed by atoms with van der Waals surface area (Å²) in [5, 5.41) is 0. The maximum absolute atomic E-state index is 5.76. The summed E-state index contributed by atoms with van der Waals surface area (Å²) in [7, 11) is 0. The molecule has 0 aromatic heterocycles. The number of unbranched alkanes of at least 4 members (excludes halogenated alkanes) is 7. The first-order chi connectivity index (χ1) is 12.4. The minimum absolute atomic E-state index is 0.326. The van der Waals surface area contributed by atoms with Crippen LogP contribution in [0.15, 0.2) is 18.2 Å². The smallest absolute Gasteiger partial charge is 0.231 e. The standard InChI is InChI=1S/C21H34O4/c1-2-13-22-14-9-7-5-3-4-6-8-10-15-23-17-19-11-12-20-21(16-19)25-18-24-20/h11-12,16H,2-10,13-15,17-18H2,1H3. The van der Waals surface area contributed by atoms with E-state index in [-0.39, 0.29) is 0 Å². The van der Waals surface area contributed by atoms with Crippen molar-refractivity contribution in [3.8, 4) is 11.5 Å². The molecule has 0 saturated carbocycles. The maximum Gasteiger partial charge on any atom is 0.231 e. The molecule has 0 aliphatic carbocycles. The first-order valence-corrected chi connectivity index (χ1v) is 9.94. The van der Waals surface area contributed by atoms with E-state index < -0.39 is 0 Å². The van der Waals surface area contributed by atoms with Crippen molar-refractivity contribution in [3.05, 3.63) is 23.8 Å². The van der Waals surface area contributed by atoms with Crippen molar-refractivity contribution >= 4 is 0 Å². The zero-order chi connectivity index (χ0) is 17.6. The number of fused-ring (bicyclic) bond motifs is 1. The number of ether oxygens (including phenoxy) is 4. The molecule has 0 unspecified atom stereocenters. The first-order valence-electron chi connectivity index (χ1n) is 9.94. The maximum atomic E-state index is 5.76. The van der Waals surface area contributed by atoms with Crippen LogP contribution in [0, 0.1) is 0 Å². The lowest BCUT2D eigenvalue weighted by Crippen LogP contribution is -1.96. The third kappa shape index (κ3) is 8.59. The van der Waals surface area contributed by atoms with Crippen molar-refractivity contribution in [2.24, 2.45) is 0 Å². The Hall–Kier alpha value is -1.26. The second-order valence-corrected chi connectivity index (χ2v) is 6.68. The lowest BCUT2D eigenvalue weighted by molar-refractivity contribution is 0.116. The molecule has 2 rings (SSSR count). The van der Waals surface area contributed by atoms with Gasteiger partial charge in [-0.1, -0.05) is 51.5 Å². The van der Waals surface area contributed by atoms with Gasteiger partial charge in [0.15, 0.2) is 11.5 Å². The first kappa shape index (κ1) is 20.1. The van der Waals surface area contributed by atoms with E-state index in [0.717, 1.165) is 49.7 Å². The minimum atomic E-state index is 0.326. The molecule has 4 nitrogen and oxygen atoms in total. The molecule has 1 heterocycles. The van der Waals surface area contributed by atoms with Crippen LogP contribution >= 0.6 is 0 Å². The van der Waals surface area contributed by atoms with Gasteiger partial charge in [0.05, 0.1) is 6.61 Å². The van der Waals surface area contributed by atoms with E-state index in [1.54, 1.807) is 0 Å². The van der Waals surface area contributed by atoms with Crippen LogP contribution < -0.4 is 9.47 Å². The van der Waals surface area contributed by atoms with Gasteiger partial charge in [0.1, 0.15) is 0 Å². The Morgan fingerprint density at radius 3 is 2.12 bits per heavy atom. The average Bonchev–Trinajstić information content (AvgIpc) is 3.10. The molecular weight excluding hydrogens is 316 g/mol. The van der Waals surface area contributed by atoms with Crippen LogP contribution in [0.3, 0.4) is 0 Å². The van der Waals surface area contributed by atoms with Crippen molar-refractivity contribution < 1.29 is 18.9 Å². The molecule has 142 valence electrons. The Bertz CT molecular complexity index is 461. The zero-order valence-electron chi connectivity index (χ0n) is 15.8. The molecule has 1 aromatic rings. The van der Waals surface area contributed by atoms with Crippen LogP contribution in [-0.2, 0) is 16.1 Å². The van der Waals surface area contributed by atoms with Gasteiger partial charge in [-0.05, 0) is 37.0 Å². The van der Waals surface area contributed by atoms with Crippen LogP contribution in [0.2, 0.25) is 0 Å². The lowest BCUT2D eigenvalue weighted by Gasteiger charge is -2.06. The fourth-order valence-electron chi connectivity index (χ4n) is 2.94. The number of hydrogen-bond acceptors (Lipinski definition) is 4. The average molecular weight is 350 g/mol. The highest BCUT2D eigenvalue weighted by Gasteiger charge is 2.12. The molecule has 1 aliphatic rings. The van der Waals surface area contributed by atoms with Crippen molar-refractivity contribution in [2.75, 3.05) is 26.6 Å². The van der Waals surface area contributed by atoms with E-state index in [0.29, 0.717) is 13.4 Å². The van der Waals surface area contributed by atoms with E-state index in [9.17, 15) is 0 Å². The van der Waals surface area contributed by atoms with Crippen molar-refractivity contribution in [2.45, 2.75) is 71.3 Å². The minimum Gasteiger partial charge on any atom is -0.454 e. The number of benzene rings is 1. The van der Waals surface area contributed by atoms with Crippen LogP contribution in [0.25, 0.3) is 0 Å². The summed E-state index contributed by atoms with van der Waals surface area (Å²) in [6.07, 6.45) is 11.4. The molecular formula is C21H34O4. The molecule has 0 atom stereocenters. The summed E-state index contributed by atoms with van der Waals surface area (Å²) in [5.41, 5.74) is 1.15. The summed E-state index contributed by atoms with van der Waals surface area (Å²) in [6.45, 7) is 5.82. The highest BCUT2D eigenvalue weighted by Crippen LogP contribution is 2.32. The van der Waals surface area contributed by atoms with Gasteiger partial charge >= 0.3 is 0 Å². The molecule has 0 radical (unpaired) electrons. The predicted molar refractivity (Wildman–Crippen MR) is 100 cm³/mol. The zero-order valence-corrected chi connectivity index (χ0v) is 15.8. The monoisotopic (exact) mass is 350 g/mol. The highest BCUT2D eigenvalue weighted by atomic mass is 16.7. The second-order valence-electron chi connectivity index (χ2n) is 6.68. The van der Waals surface area contributed by atoms with Gasteiger partial charge < -0.3 is 18.9 Å². The summed E-state index contributed by atoms with van der Waals surface area (Å²) in [4.78, 5) is 0. The highest BCUT2D eigenvalue weighted by molar-refractivity contribution is 5.44. The van der Waals surface area contributed by atoms with Gasteiger partial charge in [0.25, 0.3) is 0 Å². The van der Waals surface area contributed by atoms with Gasteiger partial charge in [-0.2, -0.15) is 0 Å². The number of rotatable bonds is 15. The summed E-state index contributed by atoms with van der Waals surface area (Å²) >= 11 is 0. The second kappa shape index (κ2) is 13.0. The van der Waals surface area contributed by atoms with Crippen molar-refractivity contribution in [1.29, 1.82) is 0 Å². The molecule has 0 saturated heterocycles. The Morgan fingerprint density at radius 1 is 0.760 bits per heavy atom. The van der Waals surface area contributed by atoms with Crippen LogP contribution in [-0.4, -0.2) is 26.6 Å². The van der Waals surface area contributed by atoms with E-state index in [1.807, 2.05) is 18.2 Å². The SMILES string of the molecule is CCCOCCCCCCCCCCOCc1ccc2c(c1)OCO2. The van der Waals surface area contributed by atoms with Crippen LogP contribution in [0.4, 0.5) is 0 Å². The van der Waals surface area contributed by atoms with E-state index in [4.69, 9.17) is 18.9 Å². The van der Waals surface area contributed by atoms with Gasteiger partial charge in [0.2, 0.25) is 6.79 Å². The summed E-state index contributed by atoms with van der Waals surface area (Å²) in [6, 6.07) is 6.01. The largest absolute Gasteiger partial charge is 0.454 e. The van der Waals surface area contributed by atoms with E-state index in [1.165, 1.54) is 44.9 Å². The molecule has 0 fully saturated rings. The third-order valence-electron chi connectivity index (χ3n) is 4.38. The number of hydrogen-bond donors (Lipinski definition) is 0. The van der Waals surface area contributed by atoms with E-state index in [2.05, 4.69) is 6.92 Å². The third-order valence-corrected chi connectivity index (χ3v) is 4.38. The van der Waals surface area contributed by atoms with E-state index >= 15 is 0 Å². The van der Waals surface area contributed by atoms with Crippen LogP contribution in [0.1, 0.15) is 70.3 Å². The fourth-order valence-corrected chi connectivity index (χ4v) is 2.94. The molecule has 4 heteroatoms. The Kier molecular flexibility index (Phi) is 10.4. The topological polar surface area (TPSA) is 36.9 Å². The van der Waals surface area contributed by atoms with Gasteiger partial charge in [-0.3, -0.25) is 0 Å². The molecule has 1 aliphatic heterocycles. The fraction of sp³-hybridized carbons (Fsp3) is 0.714. The van der Waals surface area contributed by atoms with Gasteiger partial charge in [-0.15, -0.1) is 0 Å². The normalized spacial score (nSPS) is 12.7. The Labute approximate surface area is 152 Å². The van der Waals surface area contributed by atoms with Gasteiger partial charge in [0, 0.05) is 19.8 Å². The van der Waals surface area contributed by atoms with Crippen molar-refractivity contribution in [3.63, 3.8) is 0 Å². The molecule has 25 heavy (non-hydrogen) atoms. The summed E-state index contributed by atoms with van der Waals surface area (Å²) < 4.78 is 21.9. The molecule has 0 N–H and O–H groups in total. The molecule has 0 bridgehead atoms. The quantitative estimate of drug-likeness (QED) is 0.393. The molecule has 0 amide bonds. The molecule has 0 spiro atoms. The molecule has 1 aromatic carbocycles. The Morgan fingerprint density at radius 2 is 1.40 bits per heavy atom. The predicted octanol–water partition coefficient (Wildman–Crippen LogP) is 5.48. The van der Waals surface area contributed by atoms with Gasteiger partial charge in [-0.25, -0.2) is 0 Å². The Balaban J connectivity index is 1.34.